The summed E-state index contributed by atoms with van der Waals surface area (Å²) < 4.78 is 20.3. The number of piperazine rings is 1. The number of anilines is 1. The molecule has 10 heteroatoms. The van der Waals surface area contributed by atoms with Gasteiger partial charge in [0.1, 0.15) is 0 Å². The Kier molecular flexibility index (Phi) is 6.89. The predicted molar refractivity (Wildman–Crippen MR) is 102 cm³/mol. The number of hydrogen-bond acceptors (Lipinski definition) is 8. The highest BCUT2D eigenvalue weighted by molar-refractivity contribution is 6.02. The highest BCUT2D eigenvalue weighted by Crippen LogP contribution is 2.37. The van der Waals surface area contributed by atoms with Crippen LogP contribution in [0.3, 0.4) is 0 Å². The lowest BCUT2D eigenvalue weighted by Crippen LogP contribution is -2.50. The molecule has 1 fully saturated rings. The van der Waals surface area contributed by atoms with Crippen LogP contribution in [0.1, 0.15) is 16.8 Å². The maximum Gasteiger partial charge on any atom is 0.340 e. The van der Waals surface area contributed by atoms with Gasteiger partial charge in [0, 0.05) is 45.4 Å². The predicted octanol–water partition coefficient (Wildman–Crippen LogP) is 0.321. The maximum absolute atomic E-state index is 12.5. The SMILES string of the molecule is COCCC(=O)N1CCN(CC(=O)Nc2cc3c(cc2C(=O)OC)OCO3)CC1. The van der Waals surface area contributed by atoms with Gasteiger partial charge in [0.15, 0.2) is 11.5 Å². The number of rotatable bonds is 7. The Labute approximate surface area is 168 Å². The number of amides is 2. The molecule has 2 aliphatic rings. The van der Waals surface area contributed by atoms with Gasteiger partial charge in [-0.3, -0.25) is 14.5 Å². The Morgan fingerprint density at radius 1 is 1.07 bits per heavy atom. The van der Waals surface area contributed by atoms with Crippen LogP contribution in [-0.2, 0) is 19.1 Å². The molecule has 1 saturated heterocycles. The second-order valence-corrected chi connectivity index (χ2v) is 6.69. The topological polar surface area (TPSA) is 107 Å². The smallest absolute Gasteiger partial charge is 0.340 e. The van der Waals surface area contributed by atoms with Crippen LogP contribution in [0.5, 0.6) is 11.5 Å². The van der Waals surface area contributed by atoms with Crippen LogP contribution in [-0.4, -0.2) is 87.9 Å². The monoisotopic (exact) mass is 407 g/mol. The molecular weight excluding hydrogens is 382 g/mol. The average Bonchev–Trinajstić information content (AvgIpc) is 3.18. The Hall–Kier alpha value is -2.85. The number of carbonyl (C=O) groups is 3. The number of esters is 1. The zero-order valence-corrected chi connectivity index (χ0v) is 16.6. The Morgan fingerprint density at radius 2 is 1.76 bits per heavy atom. The number of ether oxygens (including phenoxy) is 4. The van der Waals surface area contributed by atoms with Crippen LogP contribution < -0.4 is 14.8 Å². The van der Waals surface area contributed by atoms with Crippen LogP contribution in [0.4, 0.5) is 5.69 Å². The molecule has 1 aromatic rings. The molecule has 0 saturated carbocycles. The quantitative estimate of drug-likeness (QED) is 0.644. The van der Waals surface area contributed by atoms with Crippen molar-refractivity contribution in [3.8, 4) is 11.5 Å². The largest absolute Gasteiger partial charge is 0.465 e. The summed E-state index contributed by atoms with van der Waals surface area (Å²) in [6.07, 6.45) is 0.359. The lowest BCUT2D eigenvalue weighted by atomic mass is 10.1. The maximum atomic E-state index is 12.5. The second-order valence-electron chi connectivity index (χ2n) is 6.69. The van der Waals surface area contributed by atoms with Crippen molar-refractivity contribution in [3.05, 3.63) is 17.7 Å². The van der Waals surface area contributed by atoms with Crippen molar-refractivity contribution in [2.45, 2.75) is 6.42 Å². The number of nitrogens with one attached hydrogen (secondary N) is 1. The molecule has 0 spiro atoms. The van der Waals surface area contributed by atoms with Gasteiger partial charge in [0.25, 0.3) is 0 Å². The van der Waals surface area contributed by atoms with E-state index in [1.165, 1.54) is 13.2 Å². The highest BCUT2D eigenvalue weighted by Gasteiger charge is 2.25. The van der Waals surface area contributed by atoms with Gasteiger partial charge in [-0.25, -0.2) is 4.79 Å². The first-order valence-electron chi connectivity index (χ1n) is 9.32. The Morgan fingerprint density at radius 3 is 2.41 bits per heavy atom. The van der Waals surface area contributed by atoms with Crippen molar-refractivity contribution in [1.82, 2.24) is 9.80 Å². The van der Waals surface area contributed by atoms with Gasteiger partial charge in [-0.2, -0.15) is 0 Å². The van der Waals surface area contributed by atoms with Gasteiger partial charge in [-0.05, 0) is 0 Å². The van der Waals surface area contributed by atoms with E-state index < -0.39 is 5.97 Å². The molecule has 10 nitrogen and oxygen atoms in total. The minimum Gasteiger partial charge on any atom is -0.465 e. The van der Waals surface area contributed by atoms with Crippen molar-refractivity contribution in [2.24, 2.45) is 0 Å². The zero-order chi connectivity index (χ0) is 20.8. The molecule has 1 N–H and O–H groups in total. The highest BCUT2D eigenvalue weighted by atomic mass is 16.7. The molecule has 0 atom stereocenters. The first kappa shape index (κ1) is 20.9. The molecule has 0 unspecified atom stereocenters. The van der Waals surface area contributed by atoms with Gasteiger partial charge in [0.05, 0.1) is 37.9 Å². The number of carbonyl (C=O) groups excluding carboxylic acids is 3. The van der Waals surface area contributed by atoms with Gasteiger partial charge in [-0.1, -0.05) is 0 Å². The minimum atomic E-state index is -0.582. The van der Waals surface area contributed by atoms with Gasteiger partial charge in [-0.15, -0.1) is 0 Å². The van der Waals surface area contributed by atoms with Crippen molar-refractivity contribution >= 4 is 23.5 Å². The van der Waals surface area contributed by atoms with E-state index in [4.69, 9.17) is 18.9 Å². The first-order chi connectivity index (χ1) is 14.0. The fraction of sp³-hybridized carbons (Fsp3) is 0.526. The lowest BCUT2D eigenvalue weighted by Gasteiger charge is -2.34. The Bertz CT molecular complexity index is 775. The van der Waals surface area contributed by atoms with E-state index in [9.17, 15) is 14.4 Å². The van der Waals surface area contributed by atoms with Crippen LogP contribution in [0.15, 0.2) is 12.1 Å². The molecule has 0 bridgehead atoms. The van der Waals surface area contributed by atoms with Crippen molar-refractivity contribution < 1.29 is 33.3 Å². The number of hydrogen-bond donors (Lipinski definition) is 1. The standard InChI is InChI=1S/C19H25N3O7/c1-26-8-3-18(24)22-6-4-21(5-7-22)11-17(23)20-14-10-16-15(28-12-29-16)9-13(14)19(25)27-2/h9-10H,3-8,11-12H2,1-2H3,(H,20,23). The summed E-state index contributed by atoms with van der Waals surface area (Å²) in [7, 11) is 2.83. The van der Waals surface area contributed by atoms with Crippen LogP contribution in [0.25, 0.3) is 0 Å². The molecule has 0 aliphatic carbocycles. The van der Waals surface area contributed by atoms with E-state index in [0.717, 1.165) is 0 Å². The fourth-order valence-corrected chi connectivity index (χ4v) is 3.22. The van der Waals surface area contributed by atoms with Gasteiger partial charge < -0.3 is 29.2 Å². The molecule has 3 rings (SSSR count). The normalized spacial score (nSPS) is 15.9. The fourth-order valence-electron chi connectivity index (χ4n) is 3.22. The molecule has 29 heavy (non-hydrogen) atoms. The van der Waals surface area contributed by atoms with E-state index in [1.54, 1.807) is 18.1 Å². The van der Waals surface area contributed by atoms with E-state index in [-0.39, 0.29) is 30.7 Å². The van der Waals surface area contributed by atoms with E-state index >= 15 is 0 Å². The molecule has 2 heterocycles. The molecule has 0 aromatic heterocycles. The summed E-state index contributed by atoms with van der Waals surface area (Å²) >= 11 is 0. The average molecular weight is 407 g/mol. The molecule has 2 aliphatic heterocycles. The van der Waals surface area contributed by atoms with E-state index in [0.29, 0.717) is 56.4 Å². The summed E-state index contributed by atoms with van der Waals surface area (Å²) in [6.45, 7) is 2.92. The lowest BCUT2D eigenvalue weighted by molar-refractivity contribution is -0.134. The van der Waals surface area contributed by atoms with Crippen LogP contribution >= 0.6 is 0 Å². The first-order valence-corrected chi connectivity index (χ1v) is 9.32. The number of methoxy groups -OCH3 is 2. The van der Waals surface area contributed by atoms with Crippen molar-refractivity contribution in [3.63, 3.8) is 0 Å². The summed E-state index contributed by atoms with van der Waals surface area (Å²) in [6, 6.07) is 3.05. The number of benzene rings is 1. The molecule has 1 aromatic carbocycles. The second kappa shape index (κ2) is 9.57. The summed E-state index contributed by atoms with van der Waals surface area (Å²) in [5.74, 6) is 0.0859. The third-order valence-corrected chi connectivity index (χ3v) is 4.80. The van der Waals surface area contributed by atoms with E-state index in [1.807, 2.05) is 4.90 Å². The molecular formula is C19H25N3O7. The van der Waals surface area contributed by atoms with Gasteiger partial charge >= 0.3 is 5.97 Å². The van der Waals surface area contributed by atoms with Crippen LogP contribution in [0, 0.1) is 0 Å². The Balaban J connectivity index is 1.56. The van der Waals surface area contributed by atoms with E-state index in [2.05, 4.69) is 5.32 Å². The van der Waals surface area contributed by atoms with Crippen molar-refractivity contribution in [2.75, 3.05) is 65.7 Å². The third-order valence-electron chi connectivity index (χ3n) is 4.80. The number of nitrogens with zero attached hydrogens (tertiary/aromatic N) is 2. The van der Waals surface area contributed by atoms with Crippen LogP contribution in [0.2, 0.25) is 0 Å². The summed E-state index contributed by atoms with van der Waals surface area (Å²) in [4.78, 5) is 40.3. The third kappa shape index (κ3) is 5.15. The molecule has 158 valence electrons. The molecule has 0 radical (unpaired) electrons. The summed E-state index contributed by atoms with van der Waals surface area (Å²) in [5.41, 5.74) is 0.498. The van der Waals surface area contributed by atoms with Crippen molar-refractivity contribution in [1.29, 1.82) is 0 Å². The summed E-state index contributed by atoms with van der Waals surface area (Å²) in [5, 5.41) is 2.75. The number of fused-ring (bicyclic) bond motifs is 1. The minimum absolute atomic E-state index is 0.0547. The van der Waals surface area contributed by atoms with Gasteiger partial charge in [0.2, 0.25) is 18.6 Å². The molecule has 2 amide bonds. The zero-order valence-electron chi connectivity index (χ0n) is 16.6.